The Labute approximate surface area is 105 Å². The second-order valence-corrected chi connectivity index (χ2v) is 4.81. The zero-order chi connectivity index (χ0) is 12.6. The van der Waals surface area contributed by atoms with Gasteiger partial charge < -0.3 is 4.90 Å². The van der Waals surface area contributed by atoms with Gasteiger partial charge in [-0.3, -0.25) is 5.41 Å². The van der Waals surface area contributed by atoms with E-state index in [0.717, 1.165) is 18.6 Å². The fourth-order valence-electron chi connectivity index (χ4n) is 1.85. The average molecular weight is 307 g/mol. The van der Waals surface area contributed by atoms with Crippen molar-refractivity contribution < 1.29 is 13.2 Å². The van der Waals surface area contributed by atoms with Gasteiger partial charge in [-0.15, -0.1) is 0 Å². The Morgan fingerprint density at radius 3 is 2.47 bits per heavy atom. The number of amidine groups is 1. The predicted octanol–water partition coefficient (Wildman–Crippen LogP) is 4.05. The van der Waals surface area contributed by atoms with Gasteiger partial charge in [-0.05, 0) is 24.6 Å². The van der Waals surface area contributed by atoms with E-state index in [4.69, 9.17) is 5.41 Å². The highest BCUT2D eigenvalue weighted by Crippen LogP contribution is 2.35. The number of nitrogens with zero attached hydrogens (tertiary/aromatic N) is 1. The maximum absolute atomic E-state index is 12.6. The Morgan fingerprint density at radius 1 is 1.24 bits per heavy atom. The van der Waals surface area contributed by atoms with Crippen LogP contribution < -0.4 is 4.90 Å². The number of halogens is 4. The van der Waals surface area contributed by atoms with Crippen molar-refractivity contribution in [3.8, 4) is 0 Å². The van der Waals surface area contributed by atoms with Crippen LogP contribution in [0.25, 0.3) is 0 Å². The lowest BCUT2D eigenvalue weighted by Gasteiger charge is -2.19. The zero-order valence-electron chi connectivity index (χ0n) is 8.81. The Morgan fingerprint density at radius 2 is 1.94 bits per heavy atom. The molecule has 1 saturated heterocycles. The fourth-order valence-corrected chi connectivity index (χ4v) is 2.33. The lowest BCUT2D eigenvalue weighted by Crippen LogP contribution is -2.23. The summed E-state index contributed by atoms with van der Waals surface area (Å²) in [6, 6.07) is 3.74. The fraction of sp³-hybridized carbons (Fsp3) is 0.364. The first-order valence-corrected chi connectivity index (χ1v) is 5.90. The molecule has 1 N–H and O–H groups in total. The van der Waals surface area contributed by atoms with E-state index in [2.05, 4.69) is 15.9 Å². The first-order chi connectivity index (χ1) is 7.88. The summed E-state index contributed by atoms with van der Waals surface area (Å²) in [6.45, 7) is 0.604. The van der Waals surface area contributed by atoms with Crippen molar-refractivity contribution in [3.63, 3.8) is 0 Å². The standard InChI is InChI=1S/C11H10BrF3N2/c12-8-4-7(11(13,14)15)5-9(6-8)17-3-1-2-10(17)16/h4-6,16H,1-3H2. The lowest BCUT2D eigenvalue weighted by atomic mass is 10.2. The molecule has 1 aromatic carbocycles. The first kappa shape index (κ1) is 12.4. The molecule has 0 aromatic heterocycles. The summed E-state index contributed by atoms with van der Waals surface area (Å²) < 4.78 is 38.3. The van der Waals surface area contributed by atoms with Crippen LogP contribution in [0, 0.1) is 5.41 Å². The number of benzene rings is 1. The van der Waals surface area contributed by atoms with Crippen LogP contribution in [0.3, 0.4) is 0 Å². The number of rotatable bonds is 1. The van der Waals surface area contributed by atoms with Gasteiger partial charge in [-0.2, -0.15) is 13.2 Å². The van der Waals surface area contributed by atoms with Gasteiger partial charge in [-0.1, -0.05) is 15.9 Å². The summed E-state index contributed by atoms with van der Waals surface area (Å²) in [5.41, 5.74) is -0.268. The van der Waals surface area contributed by atoms with Crippen molar-refractivity contribution in [3.05, 3.63) is 28.2 Å². The highest BCUT2D eigenvalue weighted by atomic mass is 79.9. The monoisotopic (exact) mass is 306 g/mol. The van der Waals surface area contributed by atoms with Gasteiger partial charge in [0.15, 0.2) is 0 Å². The Hall–Kier alpha value is -1.04. The third kappa shape index (κ3) is 2.62. The topological polar surface area (TPSA) is 27.1 Å². The molecule has 1 aromatic rings. The van der Waals surface area contributed by atoms with Crippen molar-refractivity contribution in [1.29, 1.82) is 5.41 Å². The quantitative estimate of drug-likeness (QED) is 0.833. The Kier molecular flexibility index (Phi) is 3.16. The summed E-state index contributed by atoms with van der Waals surface area (Å²) in [7, 11) is 0. The minimum Gasteiger partial charge on any atom is -0.330 e. The van der Waals surface area contributed by atoms with Gasteiger partial charge >= 0.3 is 6.18 Å². The lowest BCUT2D eigenvalue weighted by molar-refractivity contribution is -0.137. The van der Waals surface area contributed by atoms with Crippen LogP contribution in [0.4, 0.5) is 18.9 Å². The Bertz CT molecular complexity index is 457. The van der Waals surface area contributed by atoms with Gasteiger partial charge in [0.05, 0.1) is 5.56 Å². The van der Waals surface area contributed by atoms with Gasteiger partial charge in [0.1, 0.15) is 5.84 Å². The number of nitrogens with one attached hydrogen (secondary N) is 1. The van der Waals surface area contributed by atoms with Crippen molar-refractivity contribution in [2.24, 2.45) is 0 Å². The highest BCUT2D eigenvalue weighted by Gasteiger charge is 2.32. The summed E-state index contributed by atoms with van der Waals surface area (Å²) in [6.07, 6.45) is -2.93. The van der Waals surface area contributed by atoms with Gasteiger partial charge in [0.25, 0.3) is 0 Å². The minimum atomic E-state index is -4.36. The van der Waals surface area contributed by atoms with Crippen LogP contribution >= 0.6 is 15.9 Å². The highest BCUT2D eigenvalue weighted by molar-refractivity contribution is 9.10. The molecule has 2 rings (SSSR count). The van der Waals surface area contributed by atoms with Gasteiger partial charge in [0.2, 0.25) is 0 Å². The van der Waals surface area contributed by atoms with E-state index in [0.29, 0.717) is 29.0 Å². The van der Waals surface area contributed by atoms with Crippen molar-refractivity contribution in [2.75, 3.05) is 11.4 Å². The van der Waals surface area contributed by atoms with E-state index in [1.54, 1.807) is 11.0 Å². The van der Waals surface area contributed by atoms with E-state index >= 15 is 0 Å². The molecular formula is C11H10BrF3N2. The molecule has 1 fully saturated rings. The third-order valence-electron chi connectivity index (χ3n) is 2.64. The molecule has 0 saturated carbocycles. The summed E-state index contributed by atoms with van der Waals surface area (Å²) >= 11 is 3.08. The summed E-state index contributed by atoms with van der Waals surface area (Å²) in [5.74, 6) is 0.372. The van der Waals surface area contributed by atoms with E-state index in [9.17, 15) is 13.2 Å². The molecule has 0 bridgehead atoms. The van der Waals surface area contributed by atoms with Crippen molar-refractivity contribution >= 4 is 27.5 Å². The molecule has 0 amide bonds. The maximum Gasteiger partial charge on any atom is 0.416 e. The number of anilines is 1. The van der Waals surface area contributed by atoms with Gasteiger partial charge in [-0.25, -0.2) is 0 Å². The van der Waals surface area contributed by atoms with Crippen LogP contribution in [-0.4, -0.2) is 12.4 Å². The smallest absolute Gasteiger partial charge is 0.330 e. The molecule has 0 aliphatic carbocycles. The molecule has 0 unspecified atom stereocenters. The van der Waals surface area contributed by atoms with E-state index in [1.807, 2.05) is 0 Å². The van der Waals surface area contributed by atoms with E-state index < -0.39 is 11.7 Å². The SMILES string of the molecule is N=C1CCCN1c1cc(Br)cc(C(F)(F)F)c1. The summed E-state index contributed by atoms with van der Waals surface area (Å²) in [5, 5.41) is 7.67. The molecule has 17 heavy (non-hydrogen) atoms. The van der Waals surface area contributed by atoms with Crippen LogP contribution in [0.5, 0.6) is 0 Å². The molecule has 2 nitrogen and oxygen atoms in total. The van der Waals surface area contributed by atoms with Crippen LogP contribution in [0.15, 0.2) is 22.7 Å². The van der Waals surface area contributed by atoms with Crippen LogP contribution in [0.1, 0.15) is 18.4 Å². The molecule has 0 atom stereocenters. The minimum absolute atomic E-state index is 0.372. The number of hydrogen-bond donors (Lipinski definition) is 1. The normalized spacial score (nSPS) is 16.7. The second kappa shape index (κ2) is 4.33. The average Bonchev–Trinajstić information content (AvgIpc) is 2.62. The zero-order valence-corrected chi connectivity index (χ0v) is 10.4. The van der Waals surface area contributed by atoms with Crippen molar-refractivity contribution in [2.45, 2.75) is 19.0 Å². The molecule has 1 aliphatic rings. The van der Waals surface area contributed by atoms with E-state index in [1.165, 1.54) is 0 Å². The van der Waals surface area contributed by atoms with Gasteiger partial charge in [0, 0.05) is 23.1 Å². The van der Waals surface area contributed by atoms with Crippen LogP contribution in [0.2, 0.25) is 0 Å². The number of hydrogen-bond acceptors (Lipinski definition) is 1. The molecule has 1 heterocycles. The largest absolute Gasteiger partial charge is 0.416 e. The molecule has 92 valence electrons. The predicted molar refractivity (Wildman–Crippen MR) is 63.5 cm³/mol. The third-order valence-corrected chi connectivity index (χ3v) is 3.10. The second-order valence-electron chi connectivity index (χ2n) is 3.90. The number of alkyl halides is 3. The molecule has 0 radical (unpaired) electrons. The van der Waals surface area contributed by atoms with Crippen LogP contribution in [-0.2, 0) is 6.18 Å². The van der Waals surface area contributed by atoms with Crippen molar-refractivity contribution in [1.82, 2.24) is 0 Å². The molecule has 6 heteroatoms. The van der Waals surface area contributed by atoms with E-state index in [-0.39, 0.29) is 0 Å². The first-order valence-electron chi connectivity index (χ1n) is 5.10. The molecule has 0 spiro atoms. The maximum atomic E-state index is 12.6. The molecular weight excluding hydrogens is 297 g/mol. The Balaban J connectivity index is 2.41. The summed E-state index contributed by atoms with van der Waals surface area (Å²) in [4.78, 5) is 1.61. The molecule has 1 aliphatic heterocycles.